The van der Waals surface area contributed by atoms with Crippen LogP contribution in [0.3, 0.4) is 0 Å². The van der Waals surface area contributed by atoms with E-state index in [1.807, 2.05) is 0 Å². The lowest BCUT2D eigenvalue weighted by atomic mass is 10.2. The summed E-state index contributed by atoms with van der Waals surface area (Å²) < 4.78 is 4.61. The summed E-state index contributed by atoms with van der Waals surface area (Å²) in [6, 6.07) is -0.905. The van der Waals surface area contributed by atoms with Gasteiger partial charge in [0.1, 0.15) is 5.88 Å². The summed E-state index contributed by atoms with van der Waals surface area (Å²) in [5, 5.41) is 10.2. The first kappa shape index (κ1) is 11.2. The maximum absolute atomic E-state index is 10.6. The van der Waals surface area contributed by atoms with Gasteiger partial charge in [-0.15, -0.1) is 11.6 Å². The summed E-state index contributed by atoms with van der Waals surface area (Å²) in [4.78, 5) is 20.3. The molecule has 2 atom stereocenters. The van der Waals surface area contributed by atoms with Crippen LogP contribution in [0.25, 0.3) is 0 Å². The Morgan fingerprint density at radius 2 is 2.17 bits per heavy atom. The molecule has 0 aliphatic rings. The van der Waals surface area contributed by atoms with Gasteiger partial charge in [0, 0.05) is 11.8 Å². The predicted molar refractivity (Wildman–Crippen MR) is 42.7 cm³/mol. The highest BCUT2D eigenvalue weighted by atomic mass is 35.5. The highest BCUT2D eigenvalue weighted by Crippen LogP contribution is 2.02. The van der Waals surface area contributed by atoms with Crippen molar-refractivity contribution in [2.75, 3.05) is 5.88 Å². The molecule has 0 saturated carbocycles. The zero-order chi connectivity index (χ0) is 9.72. The second-order valence-electron chi connectivity index (χ2n) is 2.35. The fourth-order valence-corrected chi connectivity index (χ4v) is 0.572. The molecule has 0 aromatic carbocycles. The summed E-state index contributed by atoms with van der Waals surface area (Å²) in [5.41, 5.74) is 0. The van der Waals surface area contributed by atoms with Crippen LogP contribution in [0.15, 0.2) is 0 Å². The Labute approximate surface area is 74.8 Å². The molecule has 12 heavy (non-hydrogen) atoms. The molecule has 0 aliphatic carbocycles. The molecule has 0 bridgehead atoms. The third kappa shape index (κ3) is 3.52. The number of nitro groups is 1. The zero-order valence-corrected chi connectivity index (χ0v) is 7.58. The number of ether oxygens (including phenoxy) is 1. The van der Waals surface area contributed by atoms with Gasteiger partial charge in [0.15, 0.2) is 6.10 Å². The second-order valence-corrected chi connectivity index (χ2v) is 2.62. The zero-order valence-electron chi connectivity index (χ0n) is 6.82. The van der Waals surface area contributed by atoms with E-state index in [1.54, 1.807) is 0 Å². The minimum atomic E-state index is -0.905. The Hall–Kier alpha value is -0.840. The number of carbonyl (C=O) groups is 1. The molecular weight excluding hydrogens is 186 g/mol. The van der Waals surface area contributed by atoms with E-state index in [9.17, 15) is 14.9 Å². The summed E-state index contributed by atoms with van der Waals surface area (Å²) in [6.45, 7) is 2.82. The van der Waals surface area contributed by atoms with Crippen LogP contribution in [0.2, 0.25) is 0 Å². The van der Waals surface area contributed by atoms with Gasteiger partial charge >= 0.3 is 5.97 Å². The van der Waals surface area contributed by atoms with Gasteiger partial charge in [0.25, 0.3) is 0 Å². The van der Waals surface area contributed by atoms with Crippen molar-refractivity contribution in [1.82, 2.24) is 0 Å². The van der Waals surface area contributed by atoms with Crippen molar-refractivity contribution >= 4 is 17.6 Å². The Morgan fingerprint density at radius 1 is 1.67 bits per heavy atom. The lowest BCUT2D eigenvalue weighted by molar-refractivity contribution is -0.528. The van der Waals surface area contributed by atoms with Gasteiger partial charge < -0.3 is 4.74 Å². The van der Waals surface area contributed by atoms with Crippen molar-refractivity contribution in [2.45, 2.75) is 26.0 Å². The Morgan fingerprint density at radius 3 is 2.50 bits per heavy atom. The standard InChI is InChI=1S/C6H10ClNO4/c1-4(8(10)11)5(2)12-6(9)3-7/h4-5H,3H2,1-2H3. The summed E-state index contributed by atoms with van der Waals surface area (Å²) >= 11 is 5.14. The molecule has 0 radical (unpaired) electrons. The highest BCUT2D eigenvalue weighted by Gasteiger charge is 2.25. The Bertz CT molecular complexity index is 184. The molecular formula is C6H10ClNO4. The van der Waals surface area contributed by atoms with Crippen LogP contribution >= 0.6 is 11.6 Å². The molecule has 6 heteroatoms. The van der Waals surface area contributed by atoms with Crippen molar-refractivity contribution in [3.8, 4) is 0 Å². The monoisotopic (exact) mass is 195 g/mol. The lowest BCUT2D eigenvalue weighted by Crippen LogP contribution is -2.32. The fourth-order valence-electron chi connectivity index (χ4n) is 0.509. The maximum atomic E-state index is 10.6. The molecule has 0 aromatic rings. The number of halogens is 1. The predicted octanol–water partition coefficient (Wildman–Crippen LogP) is 0.822. The molecule has 0 rings (SSSR count). The number of rotatable bonds is 4. The normalized spacial score (nSPS) is 14.9. The number of alkyl halides is 1. The van der Waals surface area contributed by atoms with Crippen molar-refractivity contribution in [3.63, 3.8) is 0 Å². The van der Waals surface area contributed by atoms with Gasteiger partial charge in [0.2, 0.25) is 6.04 Å². The summed E-state index contributed by atoms with van der Waals surface area (Å²) in [5.74, 6) is -0.924. The van der Waals surface area contributed by atoms with E-state index >= 15 is 0 Å². The molecule has 0 heterocycles. The summed E-state index contributed by atoms with van der Waals surface area (Å²) in [7, 11) is 0. The van der Waals surface area contributed by atoms with Gasteiger partial charge in [-0.3, -0.25) is 14.9 Å². The first-order valence-electron chi connectivity index (χ1n) is 3.38. The first-order chi connectivity index (χ1) is 5.49. The minimum Gasteiger partial charge on any atom is -0.454 e. The third-order valence-electron chi connectivity index (χ3n) is 1.44. The number of hydrogen-bond donors (Lipinski definition) is 0. The molecule has 0 amide bonds. The molecule has 5 nitrogen and oxygen atoms in total. The molecule has 0 aliphatic heterocycles. The highest BCUT2D eigenvalue weighted by molar-refractivity contribution is 6.26. The third-order valence-corrected chi connectivity index (χ3v) is 1.66. The van der Waals surface area contributed by atoms with E-state index in [2.05, 4.69) is 4.74 Å². The maximum Gasteiger partial charge on any atom is 0.321 e. The molecule has 0 aromatic heterocycles. The van der Waals surface area contributed by atoms with E-state index < -0.39 is 23.0 Å². The van der Waals surface area contributed by atoms with Crippen molar-refractivity contribution in [2.24, 2.45) is 0 Å². The van der Waals surface area contributed by atoms with E-state index in [4.69, 9.17) is 11.6 Å². The molecule has 0 N–H and O–H groups in total. The van der Waals surface area contributed by atoms with Crippen LogP contribution in [0.1, 0.15) is 13.8 Å². The second kappa shape index (κ2) is 4.92. The van der Waals surface area contributed by atoms with Crippen LogP contribution in [0.5, 0.6) is 0 Å². The summed E-state index contributed by atoms with van der Waals surface area (Å²) in [6.07, 6.45) is -0.744. The molecule has 2 unspecified atom stereocenters. The number of hydrogen-bond acceptors (Lipinski definition) is 4. The molecule has 0 spiro atoms. The van der Waals surface area contributed by atoms with Gasteiger partial charge in [0.05, 0.1) is 0 Å². The molecule has 70 valence electrons. The van der Waals surface area contributed by atoms with Crippen molar-refractivity contribution in [1.29, 1.82) is 0 Å². The van der Waals surface area contributed by atoms with Gasteiger partial charge in [-0.1, -0.05) is 0 Å². The lowest BCUT2D eigenvalue weighted by Gasteiger charge is -2.12. The number of esters is 1. The quantitative estimate of drug-likeness (QED) is 0.288. The molecule has 0 fully saturated rings. The largest absolute Gasteiger partial charge is 0.454 e. The smallest absolute Gasteiger partial charge is 0.321 e. The van der Waals surface area contributed by atoms with Crippen LogP contribution in [0, 0.1) is 10.1 Å². The van der Waals surface area contributed by atoms with E-state index in [0.717, 1.165) is 0 Å². The Balaban J connectivity index is 3.94. The van der Waals surface area contributed by atoms with Crippen molar-refractivity contribution in [3.05, 3.63) is 10.1 Å². The molecule has 0 saturated heterocycles. The first-order valence-corrected chi connectivity index (χ1v) is 3.91. The van der Waals surface area contributed by atoms with Crippen LogP contribution in [0.4, 0.5) is 0 Å². The van der Waals surface area contributed by atoms with Crippen molar-refractivity contribution < 1.29 is 14.5 Å². The average Bonchev–Trinajstić information content (AvgIpc) is 2.02. The van der Waals surface area contributed by atoms with Gasteiger partial charge in [-0.25, -0.2) is 0 Å². The number of carbonyl (C=O) groups excluding carboxylic acids is 1. The topological polar surface area (TPSA) is 69.4 Å². The van der Waals surface area contributed by atoms with E-state index in [-0.39, 0.29) is 5.88 Å². The van der Waals surface area contributed by atoms with E-state index in [1.165, 1.54) is 13.8 Å². The van der Waals surface area contributed by atoms with Crippen LogP contribution in [-0.4, -0.2) is 28.9 Å². The fraction of sp³-hybridized carbons (Fsp3) is 0.833. The SMILES string of the molecule is CC(OC(=O)CCl)C(C)[N+](=O)[O-]. The minimum absolute atomic E-state index is 0.283. The van der Waals surface area contributed by atoms with Gasteiger partial charge in [-0.2, -0.15) is 0 Å². The van der Waals surface area contributed by atoms with Crippen LogP contribution < -0.4 is 0 Å². The van der Waals surface area contributed by atoms with Crippen LogP contribution in [-0.2, 0) is 9.53 Å². The number of nitrogens with zero attached hydrogens (tertiary/aromatic N) is 1. The average molecular weight is 196 g/mol. The Kier molecular flexibility index (Phi) is 4.58. The van der Waals surface area contributed by atoms with E-state index in [0.29, 0.717) is 0 Å². The van der Waals surface area contributed by atoms with Gasteiger partial charge in [-0.05, 0) is 6.92 Å².